The highest BCUT2D eigenvalue weighted by molar-refractivity contribution is 5.71. The van der Waals surface area contributed by atoms with Crippen molar-refractivity contribution in [2.45, 2.75) is 290 Å². The zero-order chi connectivity index (χ0) is 57.8. The van der Waals surface area contributed by atoms with Crippen LogP contribution in [-0.4, -0.2) is 37.2 Å². The molecule has 0 aromatic rings. The molecule has 6 heteroatoms. The molecule has 0 bridgehead atoms. The smallest absolute Gasteiger partial charge is 0.306 e. The minimum absolute atomic E-state index is 0.0947. The first-order valence-corrected chi connectivity index (χ1v) is 32.8. The van der Waals surface area contributed by atoms with Crippen LogP contribution in [0.3, 0.4) is 0 Å². The molecule has 80 heavy (non-hydrogen) atoms. The molecule has 1 unspecified atom stereocenters. The van der Waals surface area contributed by atoms with Crippen molar-refractivity contribution in [1.29, 1.82) is 0 Å². The number of unbranched alkanes of at least 4 members (excludes halogenated alkanes) is 23. The zero-order valence-corrected chi connectivity index (χ0v) is 51.8. The predicted octanol–water partition coefficient (Wildman–Crippen LogP) is 22.7. The Morgan fingerprint density at radius 2 is 0.487 bits per heavy atom. The lowest BCUT2D eigenvalue weighted by Crippen LogP contribution is -2.30. The van der Waals surface area contributed by atoms with Crippen molar-refractivity contribution in [2.75, 3.05) is 13.2 Å². The van der Waals surface area contributed by atoms with Crippen molar-refractivity contribution in [2.24, 2.45) is 0 Å². The summed E-state index contributed by atoms with van der Waals surface area (Å²) in [6, 6.07) is 0. The van der Waals surface area contributed by atoms with Crippen molar-refractivity contribution in [1.82, 2.24) is 0 Å². The van der Waals surface area contributed by atoms with E-state index in [1.54, 1.807) is 0 Å². The number of hydrogen-bond acceptors (Lipinski definition) is 6. The first kappa shape index (κ1) is 75.3. The Bertz CT molecular complexity index is 1750. The Hall–Kier alpha value is -4.71. The molecular formula is C74H120O6. The summed E-state index contributed by atoms with van der Waals surface area (Å²) in [7, 11) is 0. The van der Waals surface area contributed by atoms with Crippen LogP contribution in [0.5, 0.6) is 0 Å². The normalized spacial score (nSPS) is 13.1. The van der Waals surface area contributed by atoms with Crippen LogP contribution in [0, 0.1) is 0 Å². The number of allylic oxidation sites excluding steroid dienone is 24. The van der Waals surface area contributed by atoms with Gasteiger partial charge in [0.15, 0.2) is 6.10 Å². The summed E-state index contributed by atoms with van der Waals surface area (Å²) in [6.45, 7) is 6.39. The number of carbonyl (C=O) groups is 3. The second-order valence-corrected chi connectivity index (χ2v) is 21.3. The summed E-state index contributed by atoms with van der Waals surface area (Å²) >= 11 is 0. The molecule has 452 valence electrons. The summed E-state index contributed by atoms with van der Waals surface area (Å²) in [4.78, 5) is 38.4. The second kappa shape index (κ2) is 66.8. The second-order valence-electron chi connectivity index (χ2n) is 21.3. The van der Waals surface area contributed by atoms with Crippen LogP contribution in [0.2, 0.25) is 0 Å². The fraction of sp³-hybridized carbons (Fsp3) is 0.635. The SMILES string of the molecule is CC/C=C\C/C=C\C/C=C\C/C=C\C/C=C\C/C=C\C/C=C\C/C=C\CCCCCCC(=O)OCC(COC(=O)CCCCCCCCCCCCCCCC)OC(=O)CCCCCCCC/C=C\C/C=C\C/C=C\C/C=C\CC. The maximum atomic E-state index is 12.9. The van der Waals surface area contributed by atoms with Gasteiger partial charge >= 0.3 is 17.9 Å². The fourth-order valence-electron chi connectivity index (χ4n) is 8.74. The molecule has 0 radical (unpaired) electrons. The van der Waals surface area contributed by atoms with E-state index in [4.69, 9.17) is 14.2 Å². The van der Waals surface area contributed by atoms with E-state index in [1.807, 2.05) is 0 Å². The molecule has 0 rings (SSSR count). The predicted molar refractivity (Wildman–Crippen MR) is 348 cm³/mol. The van der Waals surface area contributed by atoms with Crippen molar-refractivity contribution in [3.8, 4) is 0 Å². The molecule has 0 aromatic carbocycles. The Morgan fingerprint density at radius 1 is 0.263 bits per heavy atom. The summed E-state index contributed by atoms with van der Waals surface area (Å²) in [6.07, 6.45) is 95.6. The van der Waals surface area contributed by atoms with Gasteiger partial charge in [0.1, 0.15) is 13.2 Å². The zero-order valence-electron chi connectivity index (χ0n) is 51.8. The maximum Gasteiger partial charge on any atom is 0.306 e. The van der Waals surface area contributed by atoms with Crippen LogP contribution in [0.25, 0.3) is 0 Å². The van der Waals surface area contributed by atoms with Crippen LogP contribution < -0.4 is 0 Å². The minimum Gasteiger partial charge on any atom is -0.462 e. The molecule has 0 heterocycles. The van der Waals surface area contributed by atoms with E-state index in [1.165, 1.54) is 83.5 Å². The van der Waals surface area contributed by atoms with Gasteiger partial charge in [-0.3, -0.25) is 14.4 Å². The highest BCUT2D eigenvalue weighted by Crippen LogP contribution is 2.15. The first-order valence-electron chi connectivity index (χ1n) is 32.8. The molecule has 0 saturated carbocycles. The molecule has 0 N–H and O–H groups in total. The largest absolute Gasteiger partial charge is 0.462 e. The molecule has 0 fully saturated rings. The summed E-state index contributed by atoms with van der Waals surface area (Å²) in [5.41, 5.74) is 0. The van der Waals surface area contributed by atoms with Gasteiger partial charge in [0.25, 0.3) is 0 Å². The molecule has 0 aliphatic carbocycles. The number of esters is 3. The molecule has 0 saturated heterocycles. The van der Waals surface area contributed by atoms with Crippen LogP contribution in [-0.2, 0) is 28.6 Å². The van der Waals surface area contributed by atoms with Gasteiger partial charge in [-0.1, -0.05) is 289 Å². The van der Waals surface area contributed by atoms with Crippen LogP contribution in [0.4, 0.5) is 0 Å². The van der Waals surface area contributed by atoms with Gasteiger partial charge in [0.2, 0.25) is 0 Å². The molecular weight excluding hydrogens is 985 g/mol. The van der Waals surface area contributed by atoms with Crippen LogP contribution in [0.15, 0.2) is 146 Å². The van der Waals surface area contributed by atoms with Crippen molar-refractivity contribution in [3.63, 3.8) is 0 Å². The van der Waals surface area contributed by atoms with E-state index in [-0.39, 0.29) is 31.1 Å². The third-order valence-electron chi connectivity index (χ3n) is 13.6. The molecule has 6 nitrogen and oxygen atoms in total. The van der Waals surface area contributed by atoms with Gasteiger partial charge in [0, 0.05) is 19.3 Å². The molecule has 0 spiro atoms. The topological polar surface area (TPSA) is 78.9 Å². The number of ether oxygens (including phenoxy) is 3. The quantitative estimate of drug-likeness (QED) is 0.0261. The third kappa shape index (κ3) is 64.1. The van der Waals surface area contributed by atoms with E-state index in [2.05, 4.69) is 167 Å². The van der Waals surface area contributed by atoms with Gasteiger partial charge in [-0.05, 0) is 122 Å². The Balaban J connectivity index is 4.43. The van der Waals surface area contributed by atoms with Crippen LogP contribution in [0.1, 0.15) is 284 Å². The Labute approximate surface area is 493 Å². The average molecular weight is 1110 g/mol. The van der Waals surface area contributed by atoms with Gasteiger partial charge in [0.05, 0.1) is 0 Å². The first-order chi connectivity index (χ1) is 39.5. The number of hydrogen-bond donors (Lipinski definition) is 0. The van der Waals surface area contributed by atoms with Crippen molar-refractivity contribution >= 4 is 17.9 Å². The summed E-state index contributed by atoms with van der Waals surface area (Å²) in [5.74, 6) is -0.932. The van der Waals surface area contributed by atoms with E-state index in [0.29, 0.717) is 19.3 Å². The summed E-state index contributed by atoms with van der Waals surface area (Å²) in [5, 5.41) is 0. The van der Waals surface area contributed by atoms with Crippen molar-refractivity contribution in [3.05, 3.63) is 146 Å². The lowest BCUT2D eigenvalue weighted by Gasteiger charge is -2.18. The van der Waals surface area contributed by atoms with Gasteiger partial charge < -0.3 is 14.2 Å². The molecule has 1 atom stereocenters. The lowest BCUT2D eigenvalue weighted by atomic mass is 10.0. The van der Waals surface area contributed by atoms with Gasteiger partial charge in [-0.2, -0.15) is 0 Å². The van der Waals surface area contributed by atoms with Crippen LogP contribution >= 0.6 is 0 Å². The molecule has 0 aliphatic heterocycles. The molecule has 0 aromatic heterocycles. The van der Waals surface area contributed by atoms with E-state index in [0.717, 1.165) is 161 Å². The van der Waals surface area contributed by atoms with Crippen molar-refractivity contribution < 1.29 is 28.6 Å². The minimum atomic E-state index is -0.802. The summed E-state index contributed by atoms with van der Waals surface area (Å²) < 4.78 is 16.9. The fourth-order valence-corrected chi connectivity index (χ4v) is 8.74. The maximum absolute atomic E-state index is 12.9. The monoisotopic (exact) mass is 1100 g/mol. The standard InChI is InChI=1S/C74H120O6/c1-4-7-10-13-16-19-22-25-28-30-32-33-34-35-36-37-38-39-40-41-43-44-46-49-52-55-58-61-64-67-73(76)79-70-71(69-78-72(75)66-63-60-57-54-51-48-27-24-21-18-15-12-9-6-3)80-74(77)68-65-62-59-56-53-50-47-45-42-31-29-26-23-20-17-14-11-8-5-2/h7-8,10-11,16-17,19-20,25-26,28-29,32-33,35-36,38-39,41-43,45-46,49,71H,4-6,9,12-15,18,21-24,27,30-31,34,37,40,44,47-48,50-70H2,1-3H3/b10-7-,11-8-,19-16-,20-17-,28-25-,29-26-,33-32-,36-35-,39-38-,43-41-,45-42-,49-46-. The average Bonchev–Trinajstić information content (AvgIpc) is 3.46. The highest BCUT2D eigenvalue weighted by atomic mass is 16.6. The van der Waals surface area contributed by atoms with Gasteiger partial charge in [-0.25, -0.2) is 0 Å². The number of rotatable bonds is 58. The highest BCUT2D eigenvalue weighted by Gasteiger charge is 2.19. The Morgan fingerprint density at radius 3 is 0.762 bits per heavy atom. The van der Waals surface area contributed by atoms with Gasteiger partial charge in [-0.15, -0.1) is 0 Å². The molecule has 0 aliphatic rings. The third-order valence-corrected chi connectivity index (χ3v) is 13.6. The molecule has 0 amide bonds. The Kier molecular flexibility index (Phi) is 62.9. The van der Waals surface area contributed by atoms with E-state index >= 15 is 0 Å². The van der Waals surface area contributed by atoms with E-state index < -0.39 is 6.10 Å². The van der Waals surface area contributed by atoms with E-state index in [9.17, 15) is 14.4 Å². The lowest BCUT2D eigenvalue weighted by molar-refractivity contribution is -0.167. The number of carbonyl (C=O) groups excluding carboxylic acids is 3.